The summed E-state index contributed by atoms with van der Waals surface area (Å²) in [4.78, 5) is 12.2. The van der Waals surface area contributed by atoms with E-state index in [0.717, 1.165) is 25.9 Å². The molecule has 1 aliphatic rings. The third-order valence-electron chi connectivity index (χ3n) is 4.38. The van der Waals surface area contributed by atoms with Crippen molar-refractivity contribution in [1.29, 1.82) is 0 Å². The zero-order valence-electron chi connectivity index (χ0n) is 14.0. The number of hydrogen-bond acceptors (Lipinski definition) is 8. The van der Waals surface area contributed by atoms with Gasteiger partial charge in [-0.1, -0.05) is 10.6 Å². The smallest absolute Gasteiger partial charge is 0.362 e. The Bertz CT molecular complexity index is 978. The van der Waals surface area contributed by atoms with Crippen LogP contribution in [0, 0.1) is 5.82 Å². The summed E-state index contributed by atoms with van der Waals surface area (Å²) in [5.41, 5.74) is 1.07. The largest absolute Gasteiger partial charge is 0.446 e. The molecule has 1 fully saturated rings. The molecule has 26 heavy (non-hydrogen) atoms. The van der Waals surface area contributed by atoms with Crippen molar-refractivity contribution in [3.63, 3.8) is 0 Å². The van der Waals surface area contributed by atoms with Crippen LogP contribution in [0.3, 0.4) is 0 Å². The molecule has 1 aliphatic heterocycles. The lowest BCUT2D eigenvalue weighted by Gasteiger charge is -2.23. The summed E-state index contributed by atoms with van der Waals surface area (Å²) in [5.74, 6) is -0.547. The predicted octanol–water partition coefficient (Wildman–Crippen LogP) is -0.563. The van der Waals surface area contributed by atoms with Crippen molar-refractivity contribution in [2.24, 2.45) is 0 Å². The first-order valence-electron chi connectivity index (χ1n) is 8.29. The average molecular weight is 358 g/mol. The second-order valence-corrected chi connectivity index (χ2v) is 6.17. The molecule has 134 valence electrons. The zero-order chi connectivity index (χ0) is 18.1. The van der Waals surface area contributed by atoms with Crippen LogP contribution in [0.15, 0.2) is 32.1 Å². The molecule has 0 bridgehead atoms. The third kappa shape index (κ3) is 3.01. The van der Waals surface area contributed by atoms with Crippen LogP contribution >= 0.6 is 0 Å². The highest BCUT2D eigenvalue weighted by Gasteiger charge is 2.25. The summed E-state index contributed by atoms with van der Waals surface area (Å²) in [6, 6.07) is 4.49. The topological polar surface area (TPSA) is 111 Å². The van der Waals surface area contributed by atoms with Crippen LogP contribution in [-0.2, 0) is 0 Å². The molecular weight excluding hydrogens is 342 g/mol. The molecule has 0 unspecified atom stereocenters. The molecule has 1 aromatic carbocycles. The van der Waals surface area contributed by atoms with Gasteiger partial charge in [0, 0.05) is 6.04 Å². The van der Waals surface area contributed by atoms with Gasteiger partial charge in [0.2, 0.25) is 11.6 Å². The number of hydrogen-bond donors (Lipinski definition) is 2. The van der Waals surface area contributed by atoms with Crippen LogP contribution in [0.5, 0.6) is 0 Å². The van der Waals surface area contributed by atoms with E-state index in [1.165, 1.54) is 22.8 Å². The lowest BCUT2D eigenvalue weighted by atomic mass is 9.95. The van der Waals surface area contributed by atoms with Gasteiger partial charge in [0.1, 0.15) is 13.7 Å². The number of halogens is 1. The van der Waals surface area contributed by atoms with E-state index in [0.29, 0.717) is 17.0 Å². The summed E-state index contributed by atoms with van der Waals surface area (Å²) in [6.07, 6.45) is 1.85. The Labute approximate surface area is 147 Å². The summed E-state index contributed by atoms with van der Waals surface area (Å²) >= 11 is 0. The number of nitrogens with one attached hydrogen (secondary N) is 2. The van der Waals surface area contributed by atoms with Gasteiger partial charge in [0.15, 0.2) is 5.69 Å². The van der Waals surface area contributed by atoms with Crippen molar-refractivity contribution in [3.8, 4) is 17.2 Å². The Hall–Kier alpha value is -2.95. The van der Waals surface area contributed by atoms with Gasteiger partial charge in [-0.15, -0.1) is 0 Å². The van der Waals surface area contributed by atoms with Crippen molar-refractivity contribution < 1.29 is 13.5 Å². The van der Waals surface area contributed by atoms with Crippen molar-refractivity contribution in [2.75, 3.05) is 18.4 Å². The monoisotopic (exact) mass is 358 g/mol. The van der Waals surface area contributed by atoms with Crippen LogP contribution in [0.25, 0.3) is 17.2 Å². The fraction of sp³-hybridized carbons (Fsp3) is 0.333. The second-order valence-electron chi connectivity index (χ2n) is 6.17. The highest BCUT2D eigenvalue weighted by molar-refractivity contribution is 6.32. The van der Waals surface area contributed by atoms with E-state index in [9.17, 15) is 9.18 Å². The fourth-order valence-corrected chi connectivity index (χ4v) is 2.98. The van der Waals surface area contributed by atoms with Gasteiger partial charge in [-0.3, -0.25) is 4.52 Å². The molecule has 2 aromatic heterocycles. The van der Waals surface area contributed by atoms with E-state index in [4.69, 9.17) is 9.15 Å². The van der Waals surface area contributed by atoms with E-state index in [1.54, 1.807) is 7.85 Å². The first kappa shape index (κ1) is 16.5. The van der Waals surface area contributed by atoms with Gasteiger partial charge >= 0.3 is 5.76 Å². The molecule has 0 spiro atoms. The lowest BCUT2D eigenvalue weighted by Crippen LogP contribution is -2.35. The Balaban J connectivity index is 1.72. The molecule has 1 saturated heterocycles. The summed E-state index contributed by atoms with van der Waals surface area (Å²) in [5, 5.41) is 18.1. The van der Waals surface area contributed by atoms with Crippen LogP contribution in [-0.4, -0.2) is 47.0 Å². The number of benzene rings is 1. The molecule has 0 aliphatic carbocycles. The molecule has 4 rings (SSSR count). The second kappa shape index (κ2) is 6.75. The van der Waals surface area contributed by atoms with Gasteiger partial charge in [0.25, 0.3) is 0 Å². The molecule has 3 aromatic rings. The molecule has 0 atom stereocenters. The van der Waals surface area contributed by atoms with Crippen molar-refractivity contribution in [1.82, 2.24) is 25.4 Å². The van der Waals surface area contributed by atoms with Gasteiger partial charge in [-0.05, 0) is 54.4 Å². The molecule has 0 saturated carbocycles. The van der Waals surface area contributed by atoms with Crippen LogP contribution in [0.1, 0.15) is 12.8 Å². The molecule has 3 heterocycles. The summed E-state index contributed by atoms with van der Waals surface area (Å²) in [7, 11) is 1.61. The number of piperidine rings is 1. The summed E-state index contributed by atoms with van der Waals surface area (Å²) in [6.45, 7) is 1.81. The third-order valence-corrected chi connectivity index (χ3v) is 4.38. The Morgan fingerprint density at radius 1 is 1.27 bits per heavy atom. The highest BCUT2D eigenvalue weighted by Crippen LogP contribution is 2.25. The number of rotatable bonds is 4. The van der Waals surface area contributed by atoms with Gasteiger partial charge in [0.05, 0.1) is 5.69 Å². The maximum atomic E-state index is 13.6. The van der Waals surface area contributed by atoms with E-state index < -0.39 is 5.76 Å². The van der Waals surface area contributed by atoms with E-state index >= 15 is 0 Å². The number of anilines is 1. The van der Waals surface area contributed by atoms with Crippen LogP contribution in [0.4, 0.5) is 10.2 Å². The minimum Gasteiger partial charge on any atom is -0.362 e. The highest BCUT2D eigenvalue weighted by atomic mass is 19.1. The van der Waals surface area contributed by atoms with Gasteiger partial charge in [-0.25, -0.2) is 18.4 Å². The zero-order valence-corrected chi connectivity index (χ0v) is 14.0. The number of nitrogens with zero attached hydrogens (tertiary/aromatic N) is 4. The maximum absolute atomic E-state index is 13.6. The molecule has 0 radical (unpaired) electrons. The van der Waals surface area contributed by atoms with Crippen LogP contribution < -0.4 is 21.9 Å². The minimum atomic E-state index is -0.707. The molecule has 2 N–H and O–H groups in total. The maximum Gasteiger partial charge on any atom is 0.446 e. The van der Waals surface area contributed by atoms with E-state index in [2.05, 4.69) is 26.1 Å². The fourth-order valence-electron chi connectivity index (χ4n) is 2.98. The Morgan fingerprint density at radius 3 is 2.85 bits per heavy atom. The Morgan fingerprint density at radius 2 is 2.08 bits per heavy atom. The molecule has 11 heteroatoms. The first-order valence-corrected chi connectivity index (χ1v) is 8.29. The lowest BCUT2D eigenvalue weighted by molar-refractivity contribution is 0.309. The quantitative estimate of drug-likeness (QED) is 0.597. The summed E-state index contributed by atoms with van der Waals surface area (Å²) < 4.78 is 24.4. The van der Waals surface area contributed by atoms with Crippen molar-refractivity contribution >= 4 is 19.1 Å². The Kier molecular flexibility index (Phi) is 4.29. The minimum absolute atomic E-state index is 0.138. The normalized spacial score (nSPS) is 15.3. The van der Waals surface area contributed by atoms with E-state index in [1.807, 2.05) is 0 Å². The predicted molar refractivity (Wildman–Crippen MR) is 93.0 cm³/mol. The van der Waals surface area contributed by atoms with Gasteiger partial charge < -0.3 is 10.6 Å². The SMILES string of the molecule is Bc1cc(-n2c(-c3nonc3NC3CCNCC3)noc2=O)ccc1F. The molecular formula is C15H16BFN6O3. The molecule has 0 amide bonds. The standard InChI is InChI=1S/C15H16BFN6O3/c16-10-7-9(1-2-11(10)17)23-14(22-25-15(23)24)12-13(21-26-20-12)19-8-3-5-18-6-4-8/h1-2,7-8,18H,3-6,16H2,(H,19,21). The average Bonchev–Trinajstić information content (AvgIpc) is 3.24. The van der Waals surface area contributed by atoms with E-state index in [-0.39, 0.29) is 23.4 Å². The first-order chi connectivity index (χ1) is 12.6. The molecule has 9 nitrogen and oxygen atoms in total. The van der Waals surface area contributed by atoms with Crippen LogP contribution in [0.2, 0.25) is 0 Å². The number of aromatic nitrogens is 4. The van der Waals surface area contributed by atoms with Crippen molar-refractivity contribution in [3.05, 3.63) is 34.6 Å². The van der Waals surface area contributed by atoms with Gasteiger partial charge in [-0.2, -0.15) is 0 Å². The van der Waals surface area contributed by atoms with Crippen molar-refractivity contribution in [2.45, 2.75) is 18.9 Å².